The minimum absolute atomic E-state index is 0.0214. The van der Waals surface area contributed by atoms with Gasteiger partial charge in [0.25, 0.3) is 0 Å². The largest absolute Gasteiger partial charge is 0.372 e. The van der Waals surface area contributed by atoms with Gasteiger partial charge >= 0.3 is 0 Å². The van der Waals surface area contributed by atoms with Crippen molar-refractivity contribution in [3.05, 3.63) is 105 Å². The number of hydrogen-bond donors (Lipinski definition) is 2. The van der Waals surface area contributed by atoms with Crippen LogP contribution in [-0.2, 0) is 4.79 Å². The molecule has 0 saturated carbocycles. The Morgan fingerprint density at radius 1 is 0.871 bits per heavy atom. The summed E-state index contributed by atoms with van der Waals surface area (Å²) >= 11 is 3.55. The van der Waals surface area contributed by atoms with E-state index in [0.717, 1.165) is 45.5 Å². The lowest BCUT2D eigenvalue weighted by Crippen LogP contribution is -2.23. The molecular formula is C26H21BrN2O2. The van der Waals surface area contributed by atoms with Gasteiger partial charge < -0.3 is 10.6 Å². The van der Waals surface area contributed by atoms with E-state index in [2.05, 4.69) is 26.6 Å². The first-order valence-electron chi connectivity index (χ1n) is 10.4. The normalized spacial score (nSPS) is 17.7. The number of fused-ring (bicyclic) bond motifs is 1. The SMILES string of the molecule is O=C1CCCC2=C1[C@H](c1cccc(Br)c1)Nc1ccc(C(=O)c3ccccc3)cc1N2. The number of anilines is 2. The Bertz CT molecular complexity index is 1220. The van der Waals surface area contributed by atoms with Crippen molar-refractivity contribution in [2.75, 3.05) is 10.6 Å². The predicted molar refractivity (Wildman–Crippen MR) is 126 cm³/mol. The maximum atomic E-state index is 13.0. The highest BCUT2D eigenvalue weighted by Crippen LogP contribution is 2.41. The van der Waals surface area contributed by atoms with Crippen LogP contribution in [0.5, 0.6) is 0 Å². The van der Waals surface area contributed by atoms with Gasteiger partial charge in [-0.15, -0.1) is 0 Å². The van der Waals surface area contributed by atoms with Crippen LogP contribution in [0.1, 0.15) is 46.8 Å². The zero-order valence-corrected chi connectivity index (χ0v) is 18.4. The van der Waals surface area contributed by atoms with E-state index < -0.39 is 0 Å². The molecule has 1 aliphatic carbocycles. The fourth-order valence-corrected chi connectivity index (χ4v) is 4.74. The van der Waals surface area contributed by atoms with Gasteiger partial charge in [-0.1, -0.05) is 58.4 Å². The lowest BCUT2D eigenvalue weighted by Gasteiger charge is -2.25. The summed E-state index contributed by atoms with van der Waals surface area (Å²) in [6, 6.07) is 22.7. The fourth-order valence-electron chi connectivity index (χ4n) is 4.33. The molecule has 0 unspecified atom stereocenters. The van der Waals surface area contributed by atoms with E-state index in [1.807, 2.05) is 72.8 Å². The Morgan fingerprint density at radius 3 is 2.52 bits per heavy atom. The van der Waals surface area contributed by atoms with Crippen LogP contribution in [0.3, 0.4) is 0 Å². The van der Waals surface area contributed by atoms with Gasteiger partial charge in [-0.3, -0.25) is 9.59 Å². The molecular weight excluding hydrogens is 452 g/mol. The average Bonchev–Trinajstić information content (AvgIpc) is 2.96. The topological polar surface area (TPSA) is 58.2 Å². The van der Waals surface area contributed by atoms with Crippen molar-refractivity contribution >= 4 is 38.9 Å². The van der Waals surface area contributed by atoms with E-state index in [9.17, 15) is 9.59 Å². The molecule has 2 aliphatic rings. The second-order valence-corrected chi connectivity index (χ2v) is 8.80. The summed E-state index contributed by atoms with van der Waals surface area (Å²) in [4.78, 5) is 25.9. The monoisotopic (exact) mass is 472 g/mol. The van der Waals surface area contributed by atoms with Crippen LogP contribution in [-0.4, -0.2) is 11.6 Å². The zero-order chi connectivity index (χ0) is 21.4. The third-order valence-corrected chi connectivity index (χ3v) is 6.32. The average molecular weight is 473 g/mol. The molecule has 2 N–H and O–H groups in total. The van der Waals surface area contributed by atoms with E-state index >= 15 is 0 Å². The molecule has 0 spiro atoms. The van der Waals surface area contributed by atoms with Gasteiger partial charge in [0, 0.05) is 33.3 Å². The smallest absolute Gasteiger partial charge is 0.193 e. The summed E-state index contributed by atoms with van der Waals surface area (Å²) in [5, 5.41) is 7.05. The molecule has 1 heterocycles. The lowest BCUT2D eigenvalue weighted by molar-refractivity contribution is -0.116. The summed E-state index contributed by atoms with van der Waals surface area (Å²) in [6.07, 6.45) is 2.19. The first kappa shape index (κ1) is 19.8. The van der Waals surface area contributed by atoms with Gasteiger partial charge in [0.15, 0.2) is 11.6 Å². The molecule has 0 bridgehead atoms. The second-order valence-electron chi connectivity index (χ2n) is 7.88. The number of Topliss-reactive ketones (excluding diaryl/α,β-unsaturated/α-hetero) is 1. The first-order valence-corrected chi connectivity index (χ1v) is 11.2. The van der Waals surface area contributed by atoms with Crippen molar-refractivity contribution in [3.8, 4) is 0 Å². The molecule has 1 aliphatic heterocycles. The third kappa shape index (κ3) is 3.81. The number of hydrogen-bond acceptors (Lipinski definition) is 4. The Labute approximate surface area is 189 Å². The fraction of sp³-hybridized carbons (Fsp3) is 0.154. The minimum atomic E-state index is -0.246. The number of carbonyl (C=O) groups excluding carboxylic acids is 2. The van der Waals surface area contributed by atoms with Crippen LogP contribution >= 0.6 is 15.9 Å². The third-order valence-electron chi connectivity index (χ3n) is 5.83. The molecule has 0 aromatic heterocycles. The van der Waals surface area contributed by atoms with Crippen molar-refractivity contribution in [2.45, 2.75) is 25.3 Å². The van der Waals surface area contributed by atoms with Gasteiger partial charge in [0.05, 0.1) is 17.4 Å². The van der Waals surface area contributed by atoms with E-state index in [4.69, 9.17) is 0 Å². The number of ketones is 2. The van der Waals surface area contributed by atoms with Crippen LogP contribution in [0, 0.1) is 0 Å². The van der Waals surface area contributed by atoms with Crippen molar-refractivity contribution in [1.29, 1.82) is 0 Å². The highest BCUT2D eigenvalue weighted by Gasteiger charge is 2.32. The van der Waals surface area contributed by atoms with E-state index in [1.54, 1.807) is 0 Å². The molecule has 5 heteroatoms. The van der Waals surface area contributed by atoms with Gasteiger partial charge in [-0.25, -0.2) is 0 Å². The number of halogens is 1. The van der Waals surface area contributed by atoms with Crippen molar-refractivity contribution in [3.63, 3.8) is 0 Å². The van der Waals surface area contributed by atoms with Gasteiger partial charge in [0.1, 0.15) is 0 Å². The van der Waals surface area contributed by atoms with Crippen LogP contribution in [0.15, 0.2) is 88.5 Å². The molecule has 154 valence electrons. The second kappa shape index (κ2) is 8.16. The molecule has 3 aromatic carbocycles. The zero-order valence-electron chi connectivity index (χ0n) is 16.8. The highest BCUT2D eigenvalue weighted by molar-refractivity contribution is 9.10. The Kier molecular flexibility index (Phi) is 5.20. The van der Waals surface area contributed by atoms with E-state index in [1.165, 1.54) is 0 Å². The Balaban J connectivity index is 1.59. The lowest BCUT2D eigenvalue weighted by atomic mass is 9.87. The molecule has 31 heavy (non-hydrogen) atoms. The summed E-state index contributed by atoms with van der Waals surface area (Å²) in [7, 11) is 0. The van der Waals surface area contributed by atoms with Crippen LogP contribution in [0.25, 0.3) is 0 Å². The van der Waals surface area contributed by atoms with Crippen LogP contribution < -0.4 is 10.6 Å². The Hall–Kier alpha value is -3.18. The molecule has 0 saturated heterocycles. The van der Waals surface area contributed by atoms with Crippen molar-refractivity contribution in [2.24, 2.45) is 0 Å². The molecule has 4 nitrogen and oxygen atoms in total. The number of benzene rings is 3. The molecule has 0 radical (unpaired) electrons. The number of allylic oxidation sites excluding steroid dienone is 1. The first-order chi connectivity index (χ1) is 15.1. The molecule has 3 aromatic rings. The molecule has 1 atom stereocenters. The molecule has 5 rings (SSSR count). The summed E-state index contributed by atoms with van der Waals surface area (Å²) in [5.74, 6) is 0.145. The van der Waals surface area contributed by atoms with Crippen LogP contribution in [0.2, 0.25) is 0 Å². The maximum Gasteiger partial charge on any atom is 0.193 e. The van der Waals surface area contributed by atoms with Crippen molar-refractivity contribution in [1.82, 2.24) is 0 Å². The number of rotatable bonds is 3. The summed E-state index contributed by atoms with van der Waals surface area (Å²) in [5.41, 5.74) is 5.72. The van der Waals surface area contributed by atoms with Gasteiger partial charge in [0.2, 0.25) is 0 Å². The minimum Gasteiger partial charge on any atom is -0.372 e. The van der Waals surface area contributed by atoms with E-state index in [0.29, 0.717) is 17.5 Å². The standard InChI is InChI=1S/C26H21BrN2O2/c27-19-9-4-8-17(14-19)25-24-21(10-5-11-23(24)30)28-22-15-18(12-13-20(22)29-25)26(31)16-6-2-1-3-7-16/h1-4,6-9,12-15,25,28-29H,5,10-11H2/t25-/m0/s1. The quantitative estimate of drug-likeness (QED) is 0.441. The van der Waals surface area contributed by atoms with Gasteiger partial charge in [-0.2, -0.15) is 0 Å². The van der Waals surface area contributed by atoms with Gasteiger partial charge in [-0.05, 0) is 48.7 Å². The molecule has 0 fully saturated rings. The van der Waals surface area contributed by atoms with Crippen molar-refractivity contribution < 1.29 is 9.59 Å². The summed E-state index contributed by atoms with van der Waals surface area (Å²) < 4.78 is 0.971. The number of carbonyl (C=O) groups is 2. The summed E-state index contributed by atoms with van der Waals surface area (Å²) in [6.45, 7) is 0. The van der Waals surface area contributed by atoms with E-state index in [-0.39, 0.29) is 17.6 Å². The maximum absolute atomic E-state index is 13.0. The number of nitrogens with one attached hydrogen (secondary N) is 2. The highest BCUT2D eigenvalue weighted by atomic mass is 79.9. The Morgan fingerprint density at radius 2 is 1.71 bits per heavy atom. The van der Waals surface area contributed by atoms with Crippen LogP contribution in [0.4, 0.5) is 11.4 Å². The molecule has 0 amide bonds. The predicted octanol–water partition coefficient (Wildman–Crippen LogP) is 6.27.